The first kappa shape index (κ1) is 15.8. The average Bonchev–Trinajstić information content (AvgIpc) is 3.36. The summed E-state index contributed by atoms with van der Waals surface area (Å²) in [5.74, 6) is 0.849. The first-order valence-corrected chi connectivity index (χ1v) is 9.10. The van der Waals surface area contributed by atoms with Gasteiger partial charge in [0.25, 0.3) is 0 Å². The molecule has 0 bridgehead atoms. The van der Waals surface area contributed by atoms with Crippen molar-refractivity contribution < 1.29 is 4.74 Å². The molecule has 1 fully saturated rings. The van der Waals surface area contributed by atoms with Crippen LogP contribution in [0.4, 0.5) is 0 Å². The van der Waals surface area contributed by atoms with Crippen LogP contribution in [0.2, 0.25) is 0 Å². The van der Waals surface area contributed by atoms with Gasteiger partial charge in [0.1, 0.15) is 0 Å². The molecule has 4 rings (SSSR count). The maximum atomic E-state index is 5.67. The van der Waals surface area contributed by atoms with Crippen LogP contribution in [0, 0.1) is 5.92 Å². The van der Waals surface area contributed by atoms with Crippen LogP contribution in [0.1, 0.15) is 42.3 Å². The third-order valence-corrected chi connectivity index (χ3v) is 5.00. The molecule has 0 N–H and O–H groups in total. The van der Waals surface area contributed by atoms with Gasteiger partial charge in [-0.3, -0.25) is 14.6 Å². The highest BCUT2D eigenvalue weighted by Crippen LogP contribution is 2.33. The van der Waals surface area contributed by atoms with E-state index in [1.807, 2.05) is 25.4 Å². The van der Waals surface area contributed by atoms with E-state index in [1.54, 1.807) is 0 Å². The van der Waals surface area contributed by atoms with Gasteiger partial charge in [0.05, 0.1) is 12.3 Å². The number of pyridine rings is 1. The third-order valence-electron chi connectivity index (χ3n) is 5.00. The highest BCUT2D eigenvalue weighted by molar-refractivity contribution is 5.29. The fraction of sp³-hybridized carbons (Fsp3) is 0.579. The van der Waals surface area contributed by atoms with E-state index in [9.17, 15) is 0 Å². The van der Waals surface area contributed by atoms with Crippen LogP contribution < -0.4 is 0 Å². The van der Waals surface area contributed by atoms with Gasteiger partial charge in [-0.1, -0.05) is 6.07 Å². The van der Waals surface area contributed by atoms with E-state index in [0.717, 1.165) is 50.8 Å². The van der Waals surface area contributed by atoms with Crippen molar-refractivity contribution in [2.75, 3.05) is 13.2 Å². The smallest absolute Gasteiger partial charge is 0.0929 e. The molecule has 2 aromatic heterocycles. The Morgan fingerprint density at radius 3 is 3.00 bits per heavy atom. The van der Waals surface area contributed by atoms with Crippen molar-refractivity contribution in [1.82, 2.24) is 19.7 Å². The molecule has 0 amide bonds. The molecule has 2 aliphatic rings. The minimum Gasteiger partial charge on any atom is -0.375 e. The molecule has 0 saturated heterocycles. The second kappa shape index (κ2) is 7.03. The topological polar surface area (TPSA) is 43.2 Å². The molecule has 128 valence electrons. The van der Waals surface area contributed by atoms with Crippen LogP contribution in [0.5, 0.6) is 0 Å². The van der Waals surface area contributed by atoms with Gasteiger partial charge in [-0.05, 0) is 37.3 Å². The molecule has 1 aliphatic carbocycles. The predicted octanol–water partition coefficient (Wildman–Crippen LogP) is 2.78. The van der Waals surface area contributed by atoms with E-state index >= 15 is 0 Å². The molecular weight excluding hydrogens is 300 g/mol. The lowest BCUT2D eigenvalue weighted by molar-refractivity contribution is 0.129. The van der Waals surface area contributed by atoms with E-state index in [1.165, 1.54) is 29.7 Å². The van der Waals surface area contributed by atoms with E-state index in [-0.39, 0.29) is 0 Å². The van der Waals surface area contributed by atoms with Crippen molar-refractivity contribution in [2.45, 2.75) is 52.4 Å². The number of ether oxygens (including phenoxy) is 1. The number of hydrogen-bond donors (Lipinski definition) is 0. The summed E-state index contributed by atoms with van der Waals surface area (Å²) in [6.07, 6.45) is 7.61. The van der Waals surface area contributed by atoms with Gasteiger partial charge in [-0.25, -0.2) is 0 Å². The van der Waals surface area contributed by atoms with Gasteiger partial charge in [-0.15, -0.1) is 0 Å². The SMILES string of the molecule is CCOCc1nn(CC2CC2)c2c1CN(Cc1cccnc1)CC2. The number of rotatable bonds is 7. The van der Waals surface area contributed by atoms with Crippen LogP contribution in [-0.4, -0.2) is 32.8 Å². The van der Waals surface area contributed by atoms with E-state index < -0.39 is 0 Å². The molecule has 3 heterocycles. The maximum absolute atomic E-state index is 5.67. The fourth-order valence-electron chi connectivity index (χ4n) is 3.51. The Balaban J connectivity index is 1.52. The van der Waals surface area contributed by atoms with Crippen LogP contribution >= 0.6 is 0 Å². The average molecular weight is 326 g/mol. The van der Waals surface area contributed by atoms with Crippen molar-refractivity contribution in [3.8, 4) is 0 Å². The standard InChI is InChI=1S/C19H26N4O/c1-2-24-14-18-17-13-22(11-16-4-3-8-20-10-16)9-7-19(17)23(21-18)12-15-5-6-15/h3-4,8,10,15H,2,5-7,9,11-14H2,1H3. The lowest BCUT2D eigenvalue weighted by atomic mass is 10.0. The Bertz CT molecular complexity index is 678. The summed E-state index contributed by atoms with van der Waals surface area (Å²) in [5.41, 5.74) is 5.26. The zero-order valence-electron chi connectivity index (χ0n) is 14.4. The number of aromatic nitrogens is 3. The van der Waals surface area contributed by atoms with Gasteiger partial charge < -0.3 is 4.74 Å². The first-order valence-electron chi connectivity index (χ1n) is 9.10. The van der Waals surface area contributed by atoms with Gasteiger partial charge >= 0.3 is 0 Å². The third kappa shape index (κ3) is 3.52. The van der Waals surface area contributed by atoms with Crippen molar-refractivity contribution >= 4 is 0 Å². The molecule has 1 saturated carbocycles. The fourth-order valence-corrected chi connectivity index (χ4v) is 3.51. The van der Waals surface area contributed by atoms with E-state index in [4.69, 9.17) is 9.84 Å². The van der Waals surface area contributed by atoms with Crippen molar-refractivity contribution in [1.29, 1.82) is 0 Å². The van der Waals surface area contributed by atoms with Crippen LogP contribution in [0.3, 0.4) is 0 Å². The number of hydrogen-bond acceptors (Lipinski definition) is 4. The molecule has 0 spiro atoms. The van der Waals surface area contributed by atoms with Crippen LogP contribution in [0.25, 0.3) is 0 Å². The van der Waals surface area contributed by atoms with Crippen molar-refractivity contribution in [3.63, 3.8) is 0 Å². The first-order chi connectivity index (χ1) is 11.8. The van der Waals surface area contributed by atoms with Crippen molar-refractivity contribution in [2.24, 2.45) is 5.92 Å². The number of nitrogens with zero attached hydrogens (tertiary/aromatic N) is 4. The number of fused-ring (bicyclic) bond motifs is 1. The Hall–Kier alpha value is -1.72. The highest BCUT2D eigenvalue weighted by atomic mass is 16.5. The lowest BCUT2D eigenvalue weighted by Crippen LogP contribution is -2.31. The van der Waals surface area contributed by atoms with E-state index in [0.29, 0.717) is 6.61 Å². The minimum absolute atomic E-state index is 0.636. The molecule has 5 heteroatoms. The summed E-state index contributed by atoms with van der Waals surface area (Å²) < 4.78 is 7.95. The molecule has 2 aromatic rings. The summed E-state index contributed by atoms with van der Waals surface area (Å²) in [6, 6.07) is 4.17. The van der Waals surface area contributed by atoms with Crippen molar-refractivity contribution in [3.05, 3.63) is 47.0 Å². The Morgan fingerprint density at radius 1 is 1.33 bits per heavy atom. The van der Waals surface area contributed by atoms with Gasteiger partial charge in [0.15, 0.2) is 0 Å². The Kier molecular flexibility index (Phi) is 4.63. The van der Waals surface area contributed by atoms with Gasteiger partial charge in [0.2, 0.25) is 0 Å². The summed E-state index contributed by atoms with van der Waals surface area (Å²) in [7, 11) is 0. The summed E-state index contributed by atoms with van der Waals surface area (Å²) in [6.45, 7) is 7.53. The zero-order chi connectivity index (χ0) is 16.4. The molecule has 24 heavy (non-hydrogen) atoms. The van der Waals surface area contributed by atoms with Crippen LogP contribution in [-0.2, 0) is 37.4 Å². The van der Waals surface area contributed by atoms with Crippen LogP contribution in [0.15, 0.2) is 24.5 Å². The summed E-state index contributed by atoms with van der Waals surface area (Å²) >= 11 is 0. The van der Waals surface area contributed by atoms with Gasteiger partial charge in [0, 0.05) is 62.9 Å². The normalized spacial score (nSPS) is 17.9. The molecule has 0 aromatic carbocycles. The van der Waals surface area contributed by atoms with E-state index in [2.05, 4.69) is 20.6 Å². The predicted molar refractivity (Wildman–Crippen MR) is 92.3 cm³/mol. The monoisotopic (exact) mass is 326 g/mol. The largest absolute Gasteiger partial charge is 0.375 e. The molecule has 1 aliphatic heterocycles. The summed E-state index contributed by atoms with van der Waals surface area (Å²) in [5, 5.41) is 4.90. The Morgan fingerprint density at radius 2 is 2.25 bits per heavy atom. The molecular formula is C19H26N4O. The molecule has 5 nitrogen and oxygen atoms in total. The van der Waals surface area contributed by atoms with Gasteiger partial charge in [-0.2, -0.15) is 5.10 Å². The highest BCUT2D eigenvalue weighted by Gasteiger charge is 2.28. The zero-order valence-corrected chi connectivity index (χ0v) is 14.4. The molecule has 0 atom stereocenters. The maximum Gasteiger partial charge on any atom is 0.0929 e. The minimum atomic E-state index is 0.636. The lowest BCUT2D eigenvalue weighted by Gasteiger charge is -2.27. The second-order valence-electron chi connectivity index (χ2n) is 6.96. The molecule has 0 radical (unpaired) electrons. The Labute approximate surface area is 143 Å². The summed E-state index contributed by atoms with van der Waals surface area (Å²) in [4.78, 5) is 6.73. The quantitative estimate of drug-likeness (QED) is 0.785. The molecule has 0 unspecified atom stereocenters. The second-order valence-corrected chi connectivity index (χ2v) is 6.96.